The molecule has 2 heterocycles. The summed E-state index contributed by atoms with van der Waals surface area (Å²) in [7, 11) is 0. The van der Waals surface area contributed by atoms with Crippen molar-refractivity contribution in [2.75, 3.05) is 0 Å². The van der Waals surface area contributed by atoms with E-state index in [4.69, 9.17) is 0 Å². The van der Waals surface area contributed by atoms with E-state index in [2.05, 4.69) is 51.0 Å². The van der Waals surface area contributed by atoms with Gasteiger partial charge in [0.1, 0.15) is 0 Å². The quantitative estimate of drug-likeness (QED) is 0.373. The van der Waals surface area contributed by atoms with E-state index < -0.39 is 0 Å². The summed E-state index contributed by atoms with van der Waals surface area (Å²) in [5, 5.41) is 4.62. The highest BCUT2D eigenvalue weighted by atomic mass is 32.2. The number of thioether (sulfide) groups is 1. The fraction of sp³-hybridized carbons (Fsp3) is 0.346. The van der Waals surface area contributed by atoms with Crippen LogP contribution < -0.4 is 10.9 Å². The molecular formula is C26H26N2O3S. The summed E-state index contributed by atoms with van der Waals surface area (Å²) in [6, 6.07) is 7.99. The molecule has 2 aliphatic rings. The van der Waals surface area contributed by atoms with Crippen molar-refractivity contribution >= 4 is 50.7 Å². The number of carbonyl (C=O) groups excluding carboxylic acids is 2. The van der Waals surface area contributed by atoms with E-state index in [0.29, 0.717) is 4.91 Å². The normalized spacial score (nSPS) is 20.7. The van der Waals surface area contributed by atoms with E-state index in [1.54, 1.807) is 6.08 Å². The number of hydrogen-bond acceptors (Lipinski definition) is 4. The molecule has 5 nitrogen and oxygen atoms in total. The molecule has 2 amide bonds. The van der Waals surface area contributed by atoms with Crippen molar-refractivity contribution in [3.63, 3.8) is 0 Å². The van der Waals surface area contributed by atoms with E-state index in [-0.39, 0.29) is 27.5 Å². The molecule has 3 aromatic rings. The SMILES string of the molecule is Cc1cc2c(c3c(=O)[nH]c4ccc(/C=C5\SC(=O)NC5=O)cc4c13)C(C)(C)CCC2(C)C. The monoisotopic (exact) mass is 446 g/mol. The van der Waals surface area contributed by atoms with Gasteiger partial charge in [0, 0.05) is 10.9 Å². The van der Waals surface area contributed by atoms with Gasteiger partial charge < -0.3 is 4.98 Å². The minimum Gasteiger partial charge on any atom is -0.321 e. The van der Waals surface area contributed by atoms with Crippen LogP contribution in [0.4, 0.5) is 4.79 Å². The number of amides is 2. The largest absolute Gasteiger partial charge is 0.321 e. The molecular weight excluding hydrogens is 420 g/mol. The molecule has 2 N–H and O–H groups in total. The highest BCUT2D eigenvalue weighted by Gasteiger charge is 2.39. The second-order valence-corrected chi connectivity index (χ2v) is 11.3. The van der Waals surface area contributed by atoms with E-state index in [1.807, 2.05) is 18.2 Å². The highest BCUT2D eigenvalue weighted by Crippen LogP contribution is 2.49. The van der Waals surface area contributed by atoms with Crippen LogP contribution in [0.25, 0.3) is 27.8 Å². The number of pyridine rings is 1. The van der Waals surface area contributed by atoms with Crippen LogP contribution in [0.15, 0.2) is 34.0 Å². The zero-order chi connectivity index (χ0) is 23.0. The van der Waals surface area contributed by atoms with Crippen LogP contribution in [0.2, 0.25) is 0 Å². The summed E-state index contributed by atoms with van der Waals surface area (Å²) in [5.74, 6) is -0.374. The predicted molar refractivity (Wildman–Crippen MR) is 131 cm³/mol. The number of aryl methyl sites for hydroxylation is 1. The first-order valence-corrected chi connectivity index (χ1v) is 11.7. The van der Waals surface area contributed by atoms with Crippen molar-refractivity contribution in [2.45, 2.75) is 58.3 Å². The summed E-state index contributed by atoms with van der Waals surface area (Å²) >= 11 is 0.905. The summed E-state index contributed by atoms with van der Waals surface area (Å²) in [6.45, 7) is 11.1. The molecule has 164 valence electrons. The molecule has 0 bridgehead atoms. The smallest absolute Gasteiger partial charge is 0.290 e. The lowest BCUT2D eigenvalue weighted by molar-refractivity contribution is -0.115. The van der Waals surface area contributed by atoms with Gasteiger partial charge in [0.05, 0.1) is 10.3 Å². The van der Waals surface area contributed by atoms with Crippen LogP contribution in [0.1, 0.15) is 62.8 Å². The van der Waals surface area contributed by atoms with Gasteiger partial charge in [-0.1, -0.05) is 39.8 Å². The third kappa shape index (κ3) is 3.12. The van der Waals surface area contributed by atoms with Gasteiger partial charge in [0.2, 0.25) is 0 Å². The number of benzene rings is 2. The predicted octanol–water partition coefficient (Wildman–Crippen LogP) is 5.66. The maximum atomic E-state index is 13.4. The molecule has 0 unspecified atom stereocenters. The van der Waals surface area contributed by atoms with Crippen LogP contribution in [0, 0.1) is 6.92 Å². The van der Waals surface area contributed by atoms with Gasteiger partial charge in [-0.2, -0.15) is 0 Å². The zero-order valence-electron chi connectivity index (χ0n) is 18.9. The third-order valence-electron chi connectivity index (χ3n) is 7.03. The lowest BCUT2D eigenvalue weighted by atomic mass is 9.61. The minimum absolute atomic E-state index is 0.0110. The number of aromatic amines is 1. The first-order valence-electron chi connectivity index (χ1n) is 10.9. The fourth-order valence-corrected chi connectivity index (χ4v) is 5.92. The first-order chi connectivity index (χ1) is 15.0. The van der Waals surface area contributed by atoms with Gasteiger partial charge in [0.25, 0.3) is 16.7 Å². The van der Waals surface area contributed by atoms with Gasteiger partial charge in [-0.3, -0.25) is 19.7 Å². The Hall–Kier alpha value is -2.86. The van der Waals surface area contributed by atoms with Crippen molar-refractivity contribution in [2.24, 2.45) is 0 Å². The van der Waals surface area contributed by atoms with Crippen molar-refractivity contribution in [3.05, 3.63) is 61.8 Å². The number of H-pyrrole nitrogens is 1. The third-order valence-corrected chi connectivity index (χ3v) is 7.84. The van der Waals surface area contributed by atoms with Gasteiger partial charge >= 0.3 is 0 Å². The van der Waals surface area contributed by atoms with Crippen molar-refractivity contribution in [1.82, 2.24) is 10.3 Å². The summed E-state index contributed by atoms with van der Waals surface area (Å²) in [6.07, 6.45) is 3.83. The Morgan fingerprint density at radius 2 is 1.69 bits per heavy atom. The van der Waals surface area contributed by atoms with Crippen LogP contribution in [0.5, 0.6) is 0 Å². The van der Waals surface area contributed by atoms with Crippen molar-refractivity contribution in [1.29, 1.82) is 0 Å². The molecule has 1 saturated heterocycles. The Kier molecular flexibility index (Phi) is 4.48. The number of nitrogens with one attached hydrogen (secondary N) is 2. The van der Waals surface area contributed by atoms with E-state index in [9.17, 15) is 14.4 Å². The van der Waals surface area contributed by atoms with Gasteiger partial charge in [-0.05, 0) is 88.2 Å². The number of imide groups is 1. The summed E-state index contributed by atoms with van der Waals surface area (Å²) in [4.78, 5) is 40.4. The lowest BCUT2D eigenvalue weighted by Gasteiger charge is -2.42. The molecule has 5 rings (SSSR count). The van der Waals surface area contributed by atoms with Gasteiger partial charge in [-0.25, -0.2) is 0 Å². The molecule has 0 saturated carbocycles. The maximum absolute atomic E-state index is 13.4. The zero-order valence-corrected chi connectivity index (χ0v) is 19.8. The van der Waals surface area contributed by atoms with Crippen LogP contribution >= 0.6 is 11.8 Å². The number of fused-ring (bicyclic) bond motifs is 5. The first kappa shape index (κ1) is 21.0. The van der Waals surface area contributed by atoms with Crippen LogP contribution in [-0.2, 0) is 15.6 Å². The molecule has 6 heteroatoms. The van der Waals surface area contributed by atoms with Gasteiger partial charge in [0.15, 0.2) is 0 Å². The topological polar surface area (TPSA) is 79.0 Å². The second-order valence-electron chi connectivity index (χ2n) is 10.2. The molecule has 1 aliphatic carbocycles. The van der Waals surface area contributed by atoms with Crippen molar-refractivity contribution in [3.8, 4) is 0 Å². The number of carbonyl (C=O) groups is 2. The highest BCUT2D eigenvalue weighted by molar-refractivity contribution is 8.18. The van der Waals surface area contributed by atoms with Crippen LogP contribution in [0.3, 0.4) is 0 Å². The summed E-state index contributed by atoms with van der Waals surface area (Å²) < 4.78 is 0. The van der Waals surface area contributed by atoms with Crippen molar-refractivity contribution < 1.29 is 9.59 Å². The molecule has 0 radical (unpaired) electrons. The average molecular weight is 447 g/mol. The molecule has 1 aromatic heterocycles. The number of hydrogen-bond donors (Lipinski definition) is 2. The molecule has 0 atom stereocenters. The standard InChI is InChI=1S/C26H26N2O3S/c1-13-10-16-21(26(4,5)9-8-25(16,2)3)20-19(13)15-11-14(6-7-17(15)27-23(20)30)12-18-22(29)28-24(31)32-18/h6-7,10-12H,8-9H2,1-5H3,(H,27,30)(H,28,29,31)/b18-12-. The summed E-state index contributed by atoms with van der Waals surface area (Å²) in [5.41, 5.74) is 4.92. The van der Waals surface area contributed by atoms with E-state index >= 15 is 0 Å². The molecule has 32 heavy (non-hydrogen) atoms. The lowest BCUT2D eigenvalue weighted by Crippen LogP contribution is -2.35. The Morgan fingerprint density at radius 3 is 2.38 bits per heavy atom. The Labute approximate surface area is 190 Å². The Morgan fingerprint density at radius 1 is 0.969 bits per heavy atom. The number of aromatic nitrogens is 1. The molecule has 1 fully saturated rings. The fourth-order valence-electron chi connectivity index (χ4n) is 5.24. The maximum Gasteiger partial charge on any atom is 0.290 e. The molecule has 0 spiro atoms. The Balaban J connectivity index is 1.85. The Bertz CT molecular complexity index is 1440. The second kappa shape index (κ2) is 6.82. The average Bonchev–Trinajstić information content (AvgIpc) is 3.02. The number of rotatable bonds is 1. The molecule has 1 aliphatic heterocycles. The molecule has 2 aromatic carbocycles. The van der Waals surface area contributed by atoms with E-state index in [1.165, 1.54) is 5.56 Å². The minimum atomic E-state index is -0.374. The van der Waals surface area contributed by atoms with Gasteiger partial charge in [-0.15, -0.1) is 0 Å². The van der Waals surface area contributed by atoms with E-state index in [0.717, 1.165) is 63.0 Å². The van der Waals surface area contributed by atoms with Crippen LogP contribution in [-0.4, -0.2) is 16.1 Å².